The standard InChI is InChI=1S/C33H27Cl2F3N4O5/c34-25-2-1-3-26(35)28(25)29-24(30(47-41-29)16-4-5-16)15-46-21-12-19-11-20(13-21)42(19)32(45)40-18-7-8-22(31(43)44)23(10-18)17-6-9-27(39-14-17)33(36,37)38/h1-3,6-10,14,16,19-21H,4-5,11-13,15H2,(H,40,45)(H,43,44). The third-order valence-electron chi connectivity index (χ3n) is 8.93. The summed E-state index contributed by atoms with van der Waals surface area (Å²) < 4.78 is 51.1. The fourth-order valence-electron chi connectivity index (χ4n) is 6.50. The molecule has 2 N–H and O–H groups in total. The number of nitrogens with zero attached hydrogens (tertiary/aromatic N) is 3. The maximum atomic E-state index is 13.3. The molecule has 2 unspecified atom stereocenters. The molecule has 2 bridgehead atoms. The van der Waals surface area contributed by atoms with Crippen LogP contribution in [0.25, 0.3) is 22.4 Å². The molecule has 4 aromatic rings. The molecule has 4 aliphatic rings. The van der Waals surface area contributed by atoms with Gasteiger partial charge in [-0.1, -0.05) is 40.5 Å². The van der Waals surface area contributed by atoms with E-state index in [9.17, 15) is 27.9 Å². The zero-order valence-corrected chi connectivity index (χ0v) is 26.1. The predicted octanol–water partition coefficient (Wildman–Crippen LogP) is 8.66. The number of alkyl halides is 3. The number of carboxylic acid groups (broad SMARTS) is 1. The summed E-state index contributed by atoms with van der Waals surface area (Å²) in [7, 11) is 0. The Hall–Kier alpha value is -4.13. The van der Waals surface area contributed by atoms with Gasteiger partial charge in [0.05, 0.1) is 28.3 Å². The van der Waals surface area contributed by atoms with E-state index in [1.807, 2.05) is 0 Å². The number of anilines is 1. The monoisotopic (exact) mass is 686 g/mol. The van der Waals surface area contributed by atoms with E-state index in [-0.39, 0.29) is 53.4 Å². The van der Waals surface area contributed by atoms with Gasteiger partial charge in [-0.2, -0.15) is 13.2 Å². The van der Waals surface area contributed by atoms with Crippen LogP contribution in [-0.2, 0) is 17.5 Å². The molecule has 0 spiro atoms. The van der Waals surface area contributed by atoms with Crippen LogP contribution in [0, 0.1) is 0 Å². The number of urea groups is 1. The Labute approximate surface area is 276 Å². The number of fused-ring (bicyclic) bond motifs is 2. The van der Waals surface area contributed by atoms with Crippen LogP contribution in [0.2, 0.25) is 10.0 Å². The van der Waals surface area contributed by atoms with Crippen molar-refractivity contribution in [2.45, 2.75) is 69.0 Å². The molecule has 2 aliphatic carbocycles. The lowest BCUT2D eigenvalue weighted by Gasteiger charge is -2.54. The molecule has 47 heavy (non-hydrogen) atoms. The average molecular weight is 688 g/mol. The number of carboxylic acids is 1. The second-order valence-electron chi connectivity index (χ2n) is 12.0. The van der Waals surface area contributed by atoms with Gasteiger partial charge >= 0.3 is 18.2 Å². The molecule has 244 valence electrons. The first-order valence-corrected chi connectivity index (χ1v) is 15.8. The van der Waals surface area contributed by atoms with Crippen LogP contribution in [-0.4, -0.2) is 50.3 Å². The van der Waals surface area contributed by atoms with Gasteiger partial charge in [0.1, 0.15) is 17.1 Å². The van der Waals surface area contributed by atoms with Crippen molar-refractivity contribution in [2.75, 3.05) is 5.32 Å². The highest BCUT2D eigenvalue weighted by Crippen LogP contribution is 2.47. The van der Waals surface area contributed by atoms with E-state index in [0.29, 0.717) is 39.8 Å². The van der Waals surface area contributed by atoms with Crippen molar-refractivity contribution >= 4 is 40.9 Å². The number of piperidine rings is 1. The van der Waals surface area contributed by atoms with Crippen LogP contribution in [0.5, 0.6) is 0 Å². The summed E-state index contributed by atoms with van der Waals surface area (Å²) >= 11 is 13.0. The van der Waals surface area contributed by atoms with E-state index in [0.717, 1.165) is 48.9 Å². The largest absolute Gasteiger partial charge is 0.478 e. The van der Waals surface area contributed by atoms with Gasteiger partial charge in [0.15, 0.2) is 0 Å². The molecule has 14 heteroatoms. The van der Waals surface area contributed by atoms with Gasteiger partial charge in [-0.3, -0.25) is 4.98 Å². The Balaban J connectivity index is 1.02. The summed E-state index contributed by atoms with van der Waals surface area (Å²) in [5.74, 6) is -0.187. The van der Waals surface area contributed by atoms with E-state index in [4.69, 9.17) is 32.5 Å². The number of ether oxygens (including phenoxy) is 1. The molecular weight excluding hydrogens is 660 g/mol. The van der Waals surface area contributed by atoms with Crippen LogP contribution in [0.1, 0.15) is 65.4 Å². The highest BCUT2D eigenvalue weighted by Gasteiger charge is 2.48. The van der Waals surface area contributed by atoms with Crippen molar-refractivity contribution in [1.82, 2.24) is 15.0 Å². The third-order valence-corrected chi connectivity index (χ3v) is 9.56. The van der Waals surface area contributed by atoms with Crippen molar-refractivity contribution in [3.8, 4) is 22.4 Å². The Morgan fingerprint density at radius 1 is 1.04 bits per heavy atom. The van der Waals surface area contributed by atoms with Gasteiger partial charge in [0.25, 0.3) is 0 Å². The summed E-state index contributed by atoms with van der Waals surface area (Å²) in [5, 5.41) is 17.8. The van der Waals surface area contributed by atoms with E-state index in [2.05, 4.69) is 15.5 Å². The van der Waals surface area contributed by atoms with Gasteiger partial charge in [0, 0.05) is 46.6 Å². The van der Waals surface area contributed by atoms with Crippen molar-refractivity contribution in [3.63, 3.8) is 0 Å². The topological polar surface area (TPSA) is 118 Å². The highest BCUT2D eigenvalue weighted by molar-refractivity contribution is 6.39. The molecule has 0 radical (unpaired) electrons. The summed E-state index contributed by atoms with van der Waals surface area (Å²) in [6.45, 7) is 0.264. The number of carbonyl (C=O) groups is 2. The van der Waals surface area contributed by atoms with Crippen molar-refractivity contribution in [3.05, 3.63) is 87.4 Å². The minimum absolute atomic E-state index is 0.0570. The lowest BCUT2D eigenvalue weighted by Crippen LogP contribution is -2.65. The number of halogens is 5. The van der Waals surface area contributed by atoms with Crippen LogP contribution in [0.3, 0.4) is 0 Å². The van der Waals surface area contributed by atoms with Gasteiger partial charge in [-0.15, -0.1) is 0 Å². The molecule has 4 fully saturated rings. The fraction of sp³-hybridized carbons (Fsp3) is 0.333. The van der Waals surface area contributed by atoms with E-state index < -0.39 is 17.8 Å². The SMILES string of the molecule is O=C(O)c1ccc(NC(=O)N2C3CC(OCc4c(-c5c(Cl)cccc5Cl)noc4C4CC4)CC2C3)cc1-c1ccc(C(F)(F)F)nc1. The van der Waals surface area contributed by atoms with E-state index in [1.54, 1.807) is 23.1 Å². The number of pyridine rings is 1. The minimum atomic E-state index is -4.63. The Morgan fingerprint density at radius 2 is 1.77 bits per heavy atom. The van der Waals surface area contributed by atoms with Crippen LogP contribution in [0.15, 0.2) is 59.3 Å². The number of aromatic nitrogens is 2. The average Bonchev–Trinajstić information content (AvgIpc) is 3.79. The Morgan fingerprint density at radius 3 is 2.38 bits per heavy atom. The molecule has 8 rings (SSSR count). The van der Waals surface area contributed by atoms with E-state index >= 15 is 0 Å². The zero-order chi connectivity index (χ0) is 33.0. The Bertz CT molecular complexity index is 1830. The molecular formula is C33H27Cl2F3N4O5. The van der Waals surface area contributed by atoms with Crippen LogP contribution >= 0.6 is 23.2 Å². The van der Waals surface area contributed by atoms with Crippen LogP contribution in [0.4, 0.5) is 23.7 Å². The molecule has 2 amide bonds. The fourth-order valence-corrected chi connectivity index (χ4v) is 7.07. The molecule has 2 atom stereocenters. The smallest absolute Gasteiger partial charge is 0.433 e. The second-order valence-corrected chi connectivity index (χ2v) is 12.8. The number of nitrogens with one attached hydrogen (secondary N) is 1. The molecule has 2 saturated carbocycles. The summed E-state index contributed by atoms with van der Waals surface area (Å²) in [6, 6.07) is 10.9. The minimum Gasteiger partial charge on any atom is -0.478 e. The number of hydrogen-bond donors (Lipinski definition) is 2. The predicted molar refractivity (Wildman–Crippen MR) is 166 cm³/mol. The number of aromatic carboxylic acids is 1. The maximum absolute atomic E-state index is 13.3. The van der Waals surface area contributed by atoms with Gasteiger partial charge in [-0.25, -0.2) is 9.59 Å². The lowest BCUT2D eigenvalue weighted by molar-refractivity contribution is -0.141. The molecule has 2 aromatic carbocycles. The quantitative estimate of drug-likeness (QED) is 0.190. The van der Waals surface area contributed by atoms with Gasteiger partial charge < -0.3 is 24.6 Å². The first-order chi connectivity index (χ1) is 22.5. The third kappa shape index (κ3) is 6.17. The maximum Gasteiger partial charge on any atom is 0.433 e. The number of hydrogen-bond acceptors (Lipinski definition) is 6. The normalized spacial score (nSPS) is 20.5. The molecule has 2 aliphatic heterocycles. The van der Waals surface area contributed by atoms with Crippen molar-refractivity contribution in [1.29, 1.82) is 0 Å². The van der Waals surface area contributed by atoms with Crippen molar-refractivity contribution in [2.24, 2.45) is 0 Å². The highest BCUT2D eigenvalue weighted by atomic mass is 35.5. The summed E-state index contributed by atoms with van der Waals surface area (Å²) in [4.78, 5) is 30.4. The molecule has 4 heterocycles. The Kier molecular flexibility index (Phi) is 8.13. The first-order valence-electron chi connectivity index (χ1n) is 15.0. The first kappa shape index (κ1) is 31.5. The second kappa shape index (κ2) is 12.1. The molecule has 9 nitrogen and oxygen atoms in total. The van der Waals surface area contributed by atoms with Crippen molar-refractivity contribution < 1.29 is 37.1 Å². The number of amides is 2. The zero-order valence-electron chi connectivity index (χ0n) is 24.6. The van der Waals surface area contributed by atoms with Gasteiger partial charge in [-0.05, 0) is 74.1 Å². The number of benzene rings is 2. The summed E-state index contributed by atoms with van der Waals surface area (Å²) in [6.07, 6.45) is 0.326. The van der Waals surface area contributed by atoms with Crippen LogP contribution < -0.4 is 5.32 Å². The van der Waals surface area contributed by atoms with Gasteiger partial charge in [0.2, 0.25) is 0 Å². The summed E-state index contributed by atoms with van der Waals surface area (Å²) in [5.41, 5.74) is 1.39. The molecule has 2 saturated heterocycles. The number of carbonyl (C=O) groups excluding carboxylic acids is 1. The molecule has 2 aromatic heterocycles. The van der Waals surface area contributed by atoms with E-state index in [1.165, 1.54) is 18.2 Å². The number of rotatable bonds is 8. The lowest BCUT2D eigenvalue weighted by atomic mass is 9.78.